The summed E-state index contributed by atoms with van der Waals surface area (Å²) in [4.78, 5) is 4.31. The van der Waals surface area contributed by atoms with Gasteiger partial charge in [0.2, 0.25) is 10.0 Å². The molecule has 0 amide bonds. The van der Waals surface area contributed by atoms with Crippen LogP contribution in [0.3, 0.4) is 0 Å². The molecule has 0 radical (unpaired) electrons. The summed E-state index contributed by atoms with van der Waals surface area (Å²) in [6.07, 6.45) is -3.28. The van der Waals surface area contributed by atoms with Gasteiger partial charge in [-0.1, -0.05) is 12.1 Å². The molecule has 1 rings (SSSR count). The van der Waals surface area contributed by atoms with E-state index in [0.717, 1.165) is 18.4 Å². The molecule has 0 atom stereocenters. The zero-order chi connectivity index (χ0) is 20.0. The van der Waals surface area contributed by atoms with Crippen LogP contribution in [0.1, 0.15) is 31.9 Å². The van der Waals surface area contributed by atoms with E-state index in [1.807, 2.05) is 6.92 Å². The number of nitrogens with one attached hydrogen (secondary N) is 3. The summed E-state index contributed by atoms with van der Waals surface area (Å²) in [6.45, 7) is 6.36. The number of sulfonamides is 1. The standard InChI is InChI=1S/C16H25F3N4O2S.HI/c1-5-20-14(22-11-15(2,3)23-26(4,24)25)21-10-12-6-8-13(9-7-12)16(17,18)19;/h6-9,23H,5,10-11H2,1-4H3,(H2,20,21,22);1H. The van der Waals surface area contributed by atoms with Crippen LogP contribution in [0.4, 0.5) is 13.2 Å². The third kappa shape index (κ3) is 10.7. The number of halogens is 4. The van der Waals surface area contributed by atoms with Gasteiger partial charge < -0.3 is 10.6 Å². The molecule has 0 aliphatic carbocycles. The van der Waals surface area contributed by atoms with Crippen LogP contribution in [0.25, 0.3) is 0 Å². The smallest absolute Gasteiger partial charge is 0.357 e. The van der Waals surface area contributed by atoms with Crippen LogP contribution in [0.5, 0.6) is 0 Å². The summed E-state index contributed by atoms with van der Waals surface area (Å²) in [6, 6.07) is 4.80. The fourth-order valence-electron chi connectivity index (χ4n) is 2.15. The number of hydrogen-bond acceptors (Lipinski definition) is 3. The zero-order valence-corrected chi connectivity index (χ0v) is 18.8. The summed E-state index contributed by atoms with van der Waals surface area (Å²) in [5.74, 6) is 0.441. The molecule has 11 heteroatoms. The largest absolute Gasteiger partial charge is 0.416 e. The second kappa shape index (κ2) is 10.5. The monoisotopic (exact) mass is 522 g/mol. The van der Waals surface area contributed by atoms with Gasteiger partial charge in [0.05, 0.1) is 18.4 Å². The van der Waals surface area contributed by atoms with Gasteiger partial charge in [-0.15, -0.1) is 24.0 Å². The molecule has 0 spiro atoms. The van der Waals surface area contributed by atoms with Crippen molar-refractivity contribution in [3.63, 3.8) is 0 Å². The first-order chi connectivity index (χ1) is 11.8. The number of guanidine groups is 1. The highest BCUT2D eigenvalue weighted by molar-refractivity contribution is 14.0. The van der Waals surface area contributed by atoms with Crippen molar-refractivity contribution in [2.45, 2.75) is 39.0 Å². The molecule has 6 nitrogen and oxygen atoms in total. The quantitative estimate of drug-likeness (QED) is 0.292. The first kappa shape index (κ1) is 25.9. The van der Waals surface area contributed by atoms with Crippen molar-refractivity contribution < 1.29 is 21.6 Å². The first-order valence-electron chi connectivity index (χ1n) is 8.00. The van der Waals surface area contributed by atoms with Crippen molar-refractivity contribution in [3.8, 4) is 0 Å². The summed E-state index contributed by atoms with van der Waals surface area (Å²) < 4.78 is 62.9. The van der Waals surface area contributed by atoms with Crippen LogP contribution >= 0.6 is 24.0 Å². The van der Waals surface area contributed by atoms with E-state index in [9.17, 15) is 21.6 Å². The SMILES string of the molecule is CCNC(=NCc1ccc(C(F)(F)F)cc1)NCC(C)(C)NS(C)(=O)=O.I. The van der Waals surface area contributed by atoms with E-state index in [-0.39, 0.29) is 37.1 Å². The zero-order valence-electron chi connectivity index (χ0n) is 15.6. The molecule has 0 saturated carbocycles. The van der Waals surface area contributed by atoms with E-state index in [0.29, 0.717) is 18.1 Å². The van der Waals surface area contributed by atoms with Gasteiger partial charge in [0.1, 0.15) is 0 Å². The molecular formula is C16H26F3IN4O2S. The van der Waals surface area contributed by atoms with E-state index in [1.54, 1.807) is 13.8 Å². The molecule has 3 N–H and O–H groups in total. The Morgan fingerprint density at radius 1 is 1.11 bits per heavy atom. The van der Waals surface area contributed by atoms with Crippen molar-refractivity contribution in [2.75, 3.05) is 19.3 Å². The molecule has 0 saturated heterocycles. The van der Waals surface area contributed by atoms with E-state index in [4.69, 9.17) is 0 Å². The normalized spacial score (nSPS) is 13.1. The van der Waals surface area contributed by atoms with E-state index in [1.165, 1.54) is 12.1 Å². The van der Waals surface area contributed by atoms with Gasteiger partial charge in [0.15, 0.2) is 5.96 Å². The molecule has 0 bridgehead atoms. The van der Waals surface area contributed by atoms with Gasteiger partial charge in [0, 0.05) is 18.6 Å². The van der Waals surface area contributed by atoms with Crippen molar-refractivity contribution >= 4 is 40.0 Å². The van der Waals surface area contributed by atoms with Gasteiger partial charge >= 0.3 is 6.18 Å². The fourth-order valence-corrected chi connectivity index (χ4v) is 3.23. The molecule has 0 unspecified atom stereocenters. The van der Waals surface area contributed by atoms with E-state index >= 15 is 0 Å². The van der Waals surface area contributed by atoms with E-state index in [2.05, 4.69) is 20.3 Å². The number of benzene rings is 1. The lowest BCUT2D eigenvalue weighted by atomic mass is 10.1. The second-order valence-electron chi connectivity index (χ2n) is 6.50. The minimum atomic E-state index is -4.36. The number of alkyl halides is 3. The minimum absolute atomic E-state index is 0. The fraction of sp³-hybridized carbons (Fsp3) is 0.562. The van der Waals surface area contributed by atoms with Crippen molar-refractivity contribution in [1.82, 2.24) is 15.4 Å². The Morgan fingerprint density at radius 2 is 1.67 bits per heavy atom. The number of aliphatic imine (C=N–C) groups is 1. The predicted octanol–water partition coefficient (Wildman–Crippen LogP) is 2.71. The minimum Gasteiger partial charge on any atom is -0.357 e. The Bertz CT molecular complexity index is 720. The highest BCUT2D eigenvalue weighted by atomic mass is 127. The lowest BCUT2D eigenvalue weighted by Crippen LogP contribution is -2.53. The molecule has 156 valence electrons. The summed E-state index contributed by atoms with van der Waals surface area (Å²) in [5, 5.41) is 6.03. The molecule has 27 heavy (non-hydrogen) atoms. The Morgan fingerprint density at radius 3 is 2.11 bits per heavy atom. The molecule has 1 aromatic carbocycles. The third-order valence-corrected chi connectivity index (χ3v) is 4.13. The van der Waals surface area contributed by atoms with Crippen LogP contribution in [0.2, 0.25) is 0 Å². The van der Waals surface area contributed by atoms with Gasteiger partial charge in [0.25, 0.3) is 0 Å². The second-order valence-corrected chi connectivity index (χ2v) is 8.25. The van der Waals surface area contributed by atoms with Gasteiger partial charge in [-0.2, -0.15) is 13.2 Å². The van der Waals surface area contributed by atoms with Crippen LogP contribution in [-0.2, 0) is 22.7 Å². The van der Waals surface area contributed by atoms with Crippen LogP contribution in [-0.4, -0.2) is 39.3 Å². The number of hydrogen-bond donors (Lipinski definition) is 3. The maximum atomic E-state index is 12.6. The van der Waals surface area contributed by atoms with Crippen molar-refractivity contribution in [1.29, 1.82) is 0 Å². The summed E-state index contributed by atoms with van der Waals surface area (Å²) >= 11 is 0. The van der Waals surface area contributed by atoms with Crippen LogP contribution in [0, 0.1) is 0 Å². The van der Waals surface area contributed by atoms with Gasteiger partial charge in [-0.3, -0.25) is 0 Å². The van der Waals surface area contributed by atoms with Crippen LogP contribution in [0.15, 0.2) is 29.3 Å². The first-order valence-corrected chi connectivity index (χ1v) is 9.89. The highest BCUT2D eigenvalue weighted by Crippen LogP contribution is 2.29. The van der Waals surface area contributed by atoms with Gasteiger partial charge in [-0.25, -0.2) is 18.1 Å². The summed E-state index contributed by atoms with van der Waals surface area (Å²) in [7, 11) is -3.36. The lowest BCUT2D eigenvalue weighted by Gasteiger charge is -2.26. The maximum Gasteiger partial charge on any atom is 0.416 e. The molecule has 0 aliphatic heterocycles. The van der Waals surface area contributed by atoms with Crippen molar-refractivity contribution in [3.05, 3.63) is 35.4 Å². The number of rotatable bonds is 7. The topological polar surface area (TPSA) is 82.6 Å². The Labute approximate surface area is 175 Å². The maximum absolute atomic E-state index is 12.6. The average Bonchev–Trinajstić information content (AvgIpc) is 2.47. The van der Waals surface area contributed by atoms with Gasteiger partial charge in [-0.05, 0) is 38.5 Å². The van der Waals surface area contributed by atoms with Crippen molar-refractivity contribution in [2.24, 2.45) is 4.99 Å². The van der Waals surface area contributed by atoms with E-state index < -0.39 is 27.3 Å². The lowest BCUT2D eigenvalue weighted by molar-refractivity contribution is -0.137. The Kier molecular flexibility index (Phi) is 10.0. The molecule has 0 heterocycles. The molecule has 0 aliphatic rings. The van der Waals surface area contributed by atoms with Crippen LogP contribution < -0.4 is 15.4 Å². The summed E-state index contributed by atoms with van der Waals surface area (Å²) in [5.41, 5.74) is -0.814. The predicted molar refractivity (Wildman–Crippen MR) is 112 cm³/mol. The molecular weight excluding hydrogens is 496 g/mol. The highest BCUT2D eigenvalue weighted by Gasteiger charge is 2.29. The Hall–Kier alpha value is -1.08. The Balaban J connectivity index is 0.00000676. The molecule has 1 aromatic rings. The average molecular weight is 522 g/mol. The third-order valence-electron chi connectivity index (χ3n) is 3.20. The molecule has 0 aromatic heterocycles. The number of nitrogens with zero attached hydrogens (tertiary/aromatic N) is 1. The molecule has 0 fully saturated rings.